The predicted molar refractivity (Wildman–Crippen MR) is 59.5 cm³/mol. The number of nitrogens with zero attached hydrogens (tertiary/aromatic N) is 2. The molecule has 2 aromatic rings. The van der Waals surface area contributed by atoms with Gasteiger partial charge in [0.1, 0.15) is 0 Å². The van der Waals surface area contributed by atoms with E-state index in [9.17, 15) is 4.79 Å². The summed E-state index contributed by atoms with van der Waals surface area (Å²) < 4.78 is 2.06. The lowest BCUT2D eigenvalue weighted by Gasteiger charge is -2.04. The number of isocyanates is 1. The third-order valence-corrected chi connectivity index (χ3v) is 2.64. The van der Waals surface area contributed by atoms with Gasteiger partial charge in [0, 0.05) is 18.8 Å². The summed E-state index contributed by atoms with van der Waals surface area (Å²) in [5.41, 5.74) is 2.22. The third-order valence-electron chi connectivity index (χ3n) is 2.64. The first-order valence-corrected chi connectivity index (χ1v) is 4.84. The van der Waals surface area contributed by atoms with Crippen LogP contribution in [0.25, 0.3) is 10.9 Å². The van der Waals surface area contributed by atoms with Crippen LogP contribution >= 0.6 is 0 Å². The van der Waals surface area contributed by atoms with Gasteiger partial charge in [0.25, 0.3) is 0 Å². The summed E-state index contributed by atoms with van der Waals surface area (Å²) in [6.45, 7) is 1.88. The molecule has 1 atom stereocenters. The third kappa shape index (κ3) is 1.69. The topological polar surface area (TPSA) is 34.4 Å². The van der Waals surface area contributed by atoms with E-state index in [1.807, 2.05) is 32.3 Å². The fourth-order valence-electron chi connectivity index (χ4n) is 1.71. The Labute approximate surface area is 88.0 Å². The van der Waals surface area contributed by atoms with Gasteiger partial charge in [-0.05, 0) is 36.1 Å². The second-order valence-electron chi connectivity index (χ2n) is 3.64. The van der Waals surface area contributed by atoms with Crippen molar-refractivity contribution in [2.45, 2.75) is 13.0 Å². The van der Waals surface area contributed by atoms with Gasteiger partial charge in [0.05, 0.1) is 6.04 Å². The predicted octanol–water partition coefficient (Wildman–Crippen LogP) is 2.58. The molecule has 1 unspecified atom stereocenters. The zero-order valence-corrected chi connectivity index (χ0v) is 8.77. The van der Waals surface area contributed by atoms with E-state index < -0.39 is 0 Å². The molecule has 15 heavy (non-hydrogen) atoms. The van der Waals surface area contributed by atoms with Crippen molar-refractivity contribution in [3.8, 4) is 0 Å². The number of hydrogen-bond acceptors (Lipinski definition) is 2. The first-order chi connectivity index (χ1) is 7.22. The molecule has 1 aromatic carbocycles. The van der Waals surface area contributed by atoms with E-state index in [0.29, 0.717) is 0 Å². The van der Waals surface area contributed by atoms with E-state index in [1.54, 1.807) is 6.08 Å². The Bertz CT molecular complexity index is 536. The molecule has 0 N–H and O–H groups in total. The number of aromatic nitrogens is 1. The lowest BCUT2D eigenvalue weighted by atomic mass is 10.1. The molecular weight excluding hydrogens is 188 g/mol. The molecule has 0 aliphatic rings. The second-order valence-corrected chi connectivity index (χ2v) is 3.64. The maximum Gasteiger partial charge on any atom is 0.235 e. The quantitative estimate of drug-likeness (QED) is 0.542. The van der Waals surface area contributed by atoms with Crippen molar-refractivity contribution in [2.24, 2.45) is 12.0 Å². The molecule has 0 amide bonds. The summed E-state index contributed by atoms with van der Waals surface area (Å²) >= 11 is 0. The SMILES string of the molecule is CC(N=C=O)c1ccc2c(ccn2C)c1. The summed E-state index contributed by atoms with van der Waals surface area (Å²) in [5, 5.41) is 1.17. The Balaban J connectivity index is 2.51. The summed E-state index contributed by atoms with van der Waals surface area (Å²) in [4.78, 5) is 13.9. The lowest BCUT2D eigenvalue weighted by Crippen LogP contribution is -1.89. The van der Waals surface area contributed by atoms with Crippen LogP contribution in [0.2, 0.25) is 0 Å². The normalized spacial score (nSPS) is 12.4. The number of hydrogen-bond donors (Lipinski definition) is 0. The molecule has 0 aliphatic carbocycles. The van der Waals surface area contributed by atoms with Crippen LogP contribution in [0.1, 0.15) is 18.5 Å². The van der Waals surface area contributed by atoms with Gasteiger partial charge >= 0.3 is 0 Å². The Morgan fingerprint density at radius 3 is 2.93 bits per heavy atom. The zero-order valence-electron chi connectivity index (χ0n) is 8.77. The Morgan fingerprint density at radius 2 is 2.20 bits per heavy atom. The van der Waals surface area contributed by atoms with Gasteiger partial charge in [-0.2, -0.15) is 4.99 Å². The number of rotatable bonds is 2. The largest absolute Gasteiger partial charge is 0.351 e. The Hall–Kier alpha value is -1.86. The molecule has 76 valence electrons. The Morgan fingerprint density at radius 1 is 1.40 bits per heavy atom. The molecule has 0 spiro atoms. The fraction of sp³-hybridized carbons (Fsp3) is 0.250. The van der Waals surface area contributed by atoms with Crippen molar-refractivity contribution >= 4 is 17.0 Å². The van der Waals surface area contributed by atoms with Crippen molar-refractivity contribution in [3.05, 3.63) is 36.0 Å². The molecule has 3 nitrogen and oxygen atoms in total. The van der Waals surface area contributed by atoms with Crippen LogP contribution in [0.15, 0.2) is 35.5 Å². The van der Waals surface area contributed by atoms with Crippen molar-refractivity contribution in [1.82, 2.24) is 4.57 Å². The highest BCUT2D eigenvalue weighted by atomic mass is 16.1. The van der Waals surface area contributed by atoms with E-state index >= 15 is 0 Å². The van der Waals surface area contributed by atoms with Crippen LogP contribution in [0.4, 0.5) is 0 Å². The van der Waals surface area contributed by atoms with Crippen LogP contribution in [0.5, 0.6) is 0 Å². The van der Waals surface area contributed by atoms with Crippen LogP contribution in [-0.4, -0.2) is 10.6 Å². The highest BCUT2D eigenvalue weighted by Gasteiger charge is 2.05. The smallest absolute Gasteiger partial charge is 0.235 e. The van der Waals surface area contributed by atoms with E-state index in [4.69, 9.17) is 0 Å². The maximum absolute atomic E-state index is 10.2. The molecule has 0 fully saturated rings. The van der Waals surface area contributed by atoms with Gasteiger partial charge in [-0.15, -0.1) is 0 Å². The van der Waals surface area contributed by atoms with Gasteiger partial charge in [0.2, 0.25) is 6.08 Å². The summed E-state index contributed by atoms with van der Waals surface area (Å²) in [5.74, 6) is 0. The standard InChI is InChI=1S/C12H12N2O/c1-9(13-8-15)10-3-4-12-11(7-10)5-6-14(12)2/h3-7,9H,1-2H3. The molecule has 0 saturated heterocycles. The average Bonchev–Trinajstić information content (AvgIpc) is 2.60. The van der Waals surface area contributed by atoms with E-state index in [2.05, 4.69) is 21.7 Å². The van der Waals surface area contributed by atoms with Crippen LogP contribution in [0, 0.1) is 0 Å². The molecule has 0 bridgehead atoms. The minimum Gasteiger partial charge on any atom is -0.351 e. The Kier molecular flexibility index (Phi) is 2.40. The fourth-order valence-corrected chi connectivity index (χ4v) is 1.71. The number of benzene rings is 1. The van der Waals surface area contributed by atoms with Gasteiger partial charge in [-0.3, -0.25) is 0 Å². The van der Waals surface area contributed by atoms with E-state index in [1.165, 1.54) is 10.9 Å². The molecule has 1 aromatic heterocycles. The first-order valence-electron chi connectivity index (χ1n) is 4.84. The highest BCUT2D eigenvalue weighted by molar-refractivity contribution is 5.80. The molecular formula is C12H12N2O. The summed E-state index contributed by atoms with van der Waals surface area (Å²) in [7, 11) is 2.01. The molecule has 0 radical (unpaired) electrons. The lowest BCUT2D eigenvalue weighted by molar-refractivity contribution is 0.559. The summed E-state index contributed by atoms with van der Waals surface area (Å²) in [6.07, 6.45) is 3.60. The van der Waals surface area contributed by atoms with Crippen molar-refractivity contribution in [2.75, 3.05) is 0 Å². The molecule has 1 heterocycles. The average molecular weight is 200 g/mol. The minimum atomic E-state index is -0.118. The monoisotopic (exact) mass is 200 g/mol. The number of aryl methyl sites for hydroxylation is 1. The van der Waals surface area contributed by atoms with Crippen molar-refractivity contribution < 1.29 is 4.79 Å². The van der Waals surface area contributed by atoms with Gasteiger partial charge in [0.15, 0.2) is 0 Å². The molecule has 2 rings (SSSR count). The van der Waals surface area contributed by atoms with Gasteiger partial charge < -0.3 is 4.57 Å². The van der Waals surface area contributed by atoms with Gasteiger partial charge in [-0.25, -0.2) is 4.79 Å². The number of fused-ring (bicyclic) bond motifs is 1. The second kappa shape index (κ2) is 3.71. The highest BCUT2D eigenvalue weighted by Crippen LogP contribution is 2.22. The molecule has 3 heteroatoms. The maximum atomic E-state index is 10.2. The van der Waals surface area contributed by atoms with E-state index in [0.717, 1.165) is 5.56 Å². The zero-order chi connectivity index (χ0) is 10.8. The van der Waals surface area contributed by atoms with E-state index in [-0.39, 0.29) is 6.04 Å². The first kappa shape index (κ1) is 9.69. The van der Waals surface area contributed by atoms with Crippen molar-refractivity contribution in [1.29, 1.82) is 0 Å². The summed E-state index contributed by atoms with van der Waals surface area (Å²) in [6, 6.07) is 8.03. The number of aliphatic imine (C=N–C) groups is 1. The van der Waals surface area contributed by atoms with Crippen LogP contribution in [-0.2, 0) is 11.8 Å². The van der Waals surface area contributed by atoms with Gasteiger partial charge in [-0.1, -0.05) is 6.07 Å². The molecule has 0 aliphatic heterocycles. The van der Waals surface area contributed by atoms with Crippen LogP contribution in [0.3, 0.4) is 0 Å². The van der Waals surface area contributed by atoms with Crippen LogP contribution < -0.4 is 0 Å². The minimum absolute atomic E-state index is 0.118. The number of carbonyl (C=O) groups excluding carboxylic acids is 1. The molecule has 0 saturated carbocycles. The van der Waals surface area contributed by atoms with Crippen molar-refractivity contribution in [3.63, 3.8) is 0 Å².